The van der Waals surface area contributed by atoms with Gasteiger partial charge >= 0.3 is 0 Å². The summed E-state index contributed by atoms with van der Waals surface area (Å²) in [6.07, 6.45) is 13.4. The number of aliphatic imine (C=N–C) groups is 1. The summed E-state index contributed by atoms with van der Waals surface area (Å²) in [6.45, 7) is 6.02. The van der Waals surface area contributed by atoms with E-state index < -0.39 is 0 Å². The zero-order valence-electron chi connectivity index (χ0n) is 16.5. The van der Waals surface area contributed by atoms with E-state index in [0.717, 1.165) is 12.5 Å². The first-order valence-corrected chi connectivity index (χ1v) is 10.6. The van der Waals surface area contributed by atoms with Crippen LogP contribution in [0.5, 0.6) is 0 Å². The van der Waals surface area contributed by atoms with Gasteiger partial charge in [0.05, 0.1) is 0 Å². The third kappa shape index (κ3) is 5.10. The first-order valence-electron chi connectivity index (χ1n) is 10.6. The monoisotopic (exact) mass is 349 g/mol. The summed E-state index contributed by atoms with van der Waals surface area (Å²) < 4.78 is 0. The molecule has 2 saturated heterocycles. The Hall–Kier alpha value is -0.810. The van der Waals surface area contributed by atoms with E-state index in [2.05, 4.69) is 32.5 Å². The van der Waals surface area contributed by atoms with Gasteiger partial charge in [-0.05, 0) is 71.8 Å². The summed E-state index contributed by atoms with van der Waals surface area (Å²) in [6, 6.07) is 0.614. The molecule has 1 aliphatic carbocycles. The van der Waals surface area contributed by atoms with Crippen molar-refractivity contribution in [1.82, 2.24) is 20.4 Å². The van der Waals surface area contributed by atoms with E-state index in [-0.39, 0.29) is 0 Å². The van der Waals surface area contributed by atoms with Crippen molar-refractivity contribution in [1.29, 1.82) is 0 Å². The highest BCUT2D eigenvalue weighted by atomic mass is 15.3. The second-order valence-corrected chi connectivity index (χ2v) is 8.48. The van der Waals surface area contributed by atoms with Gasteiger partial charge in [0.25, 0.3) is 0 Å². The SMILES string of the molecule is CN=C(NCC1(N2CCCCC2)CCN(C)CC1)NC1CCCCC1. The molecule has 1 saturated carbocycles. The summed E-state index contributed by atoms with van der Waals surface area (Å²) >= 11 is 0. The van der Waals surface area contributed by atoms with E-state index in [4.69, 9.17) is 0 Å². The molecule has 0 amide bonds. The predicted molar refractivity (Wildman–Crippen MR) is 106 cm³/mol. The van der Waals surface area contributed by atoms with Gasteiger partial charge < -0.3 is 15.5 Å². The lowest BCUT2D eigenvalue weighted by Crippen LogP contribution is -2.62. The highest BCUT2D eigenvalue weighted by Crippen LogP contribution is 2.30. The van der Waals surface area contributed by atoms with Crippen LogP contribution in [0.4, 0.5) is 0 Å². The van der Waals surface area contributed by atoms with Crippen molar-refractivity contribution in [2.75, 3.05) is 46.8 Å². The second-order valence-electron chi connectivity index (χ2n) is 8.48. The minimum Gasteiger partial charge on any atom is -0.355 e. The molecule has 2 N–H and O–H groups in total. The van der Waals surface area contributed by atoms with E-state index in [1.165, 1.54) is 90.4 Å². The Kier molecular flexibility index (Phi) is 7.00. The number of hydrogen-bond donors (Lipinski definition) is 2. The lowest BCUT2D eigenvalue weighted by Gasteiger charge is -2.50. The standard InChI is InChI=1S/C20H39N5/c1-21-19(23-18-9-5-3-6-10-18)22-17-20(11-15-24(2)16-12-20)25-13-7-4-8-14-25/h18H,3-17H2,1-2H3,(H2,21,22,23). The van der Waals surface area contributed by atoms with Crippen molar-refractivity contribution in [2.45, 2.75) is 75.8 Å². The summed E-state index contributed by atoms with van der Waals surface area (Å²) in [5.74, 6) is 1.02. The Morgan fingerprint density at radius 3 is 2.24 bits per heavy atom. The highest BCUT2D eigenvalue weighted by molar-refractivity contribution is 5.80. The van der Waals surface area contributed by atoms with Crippen molar-refractivity contribution >= 4 is 5.96 Å². The normalized spacial score (nSPS) is 27.2. The summed E-state index contributed by atoms with van der Waals surface area (Å²) in [5, 5.41) is 7.40. The molecule has 2 aliphatic heterocycles. The average molecular weight is 350 g/mol. The third-order valence-corrected chi connectivity index (χ3v) is 6.70. The van der Waals surface area contributed by atoms with E-state index in [1.807, 2.05) is 7.05 Å². The molecule has 0 atom stereocenters. The number of likely N-dealkylation sites (tertiary alicyclic amines) is 2. The van der Waals surface area contributed by atoms with Gasteiger partial charge in [-0.3, -0.25) is 9.89 Å². The first kappa shape index (κ1) is 19.0. The molecule has 2 heterocycles. The molecular formula is C20H39N5. The molecule has 0 unspecified atom stereocenters. The predicted octanol–water partition coefficient (Wildman–Crippen LogP) is 2.43. The first-order chi connectivity index (χ1) is 12.2. The molecule has 3 rings (SSSR count). The molecule has 5 heteroatoms. The molecule has 0 bridgehead atoms. The van der Waals surface area contributed by atoms with E-state index in [9.17, 15) is 0 Å². The van der Waals surface area contributed by atoms with Crippen LogP contribution in [-0.4, -0.2) is 74.2 Å². The van der Waals surface area contributed by atoms with E-state index in [0.29, 0.717) is 11.6 Å². The quantitative estimate of drug-likeness (QED) is 0.604. The molecule has 25 heavy (non-hydrogen) atoms. The summed E-state index contributed by atoms with van der Waals surface area (Å²) in [7, 11) is 4.18. The Balaban J connectivity index is 1.58. The Morgan fingerprint density at radius 1 is 0.960 bits per heavy atom. The fourth-order valence-corrected chi connectivity index (χ4v) is 4.89. The van der Waals surface area contributed by atoms with Gasteiger partial charge in [0.1, 0.15) is 0 Å². The number of nitrogens with zero attached hydrogens (tertiary/aromatic N) is 3. The zero-order valence-corrected chi connectivity index (χ0v) is 16.5. The van der Waals surface area contributed by atoms with Gasteiger partial charge in [0, 0.05) is 25.2 Å². The van der Waals surface area contributed by atoms with Crippen molar-refractivity contribution in [3.63, 3.8) is 0 Å². The van der Waals surface area contributed by atoms with Crippen LogP contribution in [0.2, 0.25) is 0 Å². The lowest BCUT2D eigenvalue weighted by molar-refractivity contribution is 0.0172. The summed E-state index contributed by atoms with van der Waals surface area (Å²) in [4.78, 5) is 9.80. The van der Waals surface area contributed by atoms with E-state index in [1.54, 1.807) is 0 Å². The molecule has 0 radical (unpaired) electrons. The van der Waals surface area contributed by atoms with Crippen molar-refractivity contribution in [3.05, 3.63) is 0 Å². The largest absolute Gasteiger partial charge is 0.355 e. The maximum absolute atomic E-state index is 4.52. The molecule has 0 aromatic heterocycles. The van der Waals surface area contributed by atoms with Gasteiger partial charge in [0.15, 0.2) is 5.96 Å². The topological polar surface area (TPSA) is 42.9 Å². The third-order valence-electron chi connectivity index (χ3n) is 6.70. The smallest absolute Gasteiger partial charge is 0.191 e. The van der Waals surface area contributed by atoms with Gasteiger partial charge in [-0.15, -0.1) is 0 Å². The fraction of sp³-hybridized carbons (Fsp3) is 0.950. The maximum atomic E-state index is 4.52. The van der Waals surface area contributed by atoms with Crippen LogP contribution in [0, 0.1) is 0 Å². The van der Waals surface area contributed by atoms with Crippen LogP contribution in [0.1, 0.15) is 64.2 Å². The lowest BCUT2D eigenvalue weighted by atomic mass is 9.84. The minimum absolute atomic E-state index is 0.317. The second kappa shape index (κ2) is 9.22. The van der Waals surface area contributed by atoms with Crippen LogP contribution >= 0.6 is 0 Å². The number of rotatable bonds is 4. The average Bonchev–Trinajstić information content (AvgIpc) is 2.68. The van der Waals surface area contributed by atoms with Crippen molar-refractivity contribution in [2.24, 2.45) is 4.99 Å². The van der Waals surface area contributed by atoms with Gasteiger partial charge in [-0.25, -0.2) is 0 Å². The molecule has 0 aromatic rings. The summed E-state index contributed by atoms with van der Waals surface area (Å²) in [5.41, 5.74) is 0.317. The van der Waals surface area contributed by atoms with Crippen LogP contribution < -0.4 is 10.6 Å². The molecular weight excluding hydrogens is 310 g/mol. The molecule has 5 nitrogen and oxygen atoms in total. The molecule has 3 fully saturated rings. The zero-order chi connectivity index (χ0) is 17.5. The van der Waals surface area contributed by atoms with Crippen LogP contribution in [0.15, 0.2) is 4.99 Å². The number of nitrogens with one attached hydrogen (secondary N) is 2. The number of piperidine rings is 2. The Morgan fingerprint density at radius 2 is 1.60 bits per heavy atom. The van der Waals surface area contributed by atoms with Crippen LogP contribution in [-0.2, 0) is 0 Å². The van der Waals surface area contributed by atoms with Crippen LogP contribution in [0.3, 0.4) is 0 Å². The maximum Gasteiger partial charge on any atom is 0.191 e. The molecule has 0 spiro atoms. The Bertz CT molecular complexity index is 416. The molecule has 0 aromatic carbocycles. The van der Waals surface area contributed by atoms with Gasteiger partial charge in [-0.1, -0.05) is 25.7 Å². The number of guanidine groups is 1. The van der Waals surface area contributed by atoms with E-state index >= 15 is 0 Å². The van der Waals surface area contributed by atoms with Crippen molar-refractivity contribution in [3.8, 4) is 0 Å². The number of hydrogen-bond acceptors (Lipinski definition) is 3. The highest BCUT2D eigenvalue weighted by Gasteiger charge is 2.39. The van der Waals surface area contributed by atoms with Gasteiger partial charge in [-0.2, -0.15) is 0 Å². The Labute approximate surface area is 154 Å². The van der Waals surface area contributed by atoms with Gasteiger partial charge in [0.2, 0.25) is 0 Å². The molecule has 3 aliphatic rings. The fourth-order valence-electron chi connectivity index (χ4n) is 4.89. The van der Waals surface area contributed by atoms with Crippen molar-refractivity contribution < 1.29 is 0 Å². The molecule has 144 valence electrons. The van der Waals surface area contributed by atoms with Crippen LogP contribution in [0.25, 0.3) is 0 Å². The minimum atomic E-state index is 0.317.